The Balaban J connectivity index is 2.01. The van der Waals surface area contributed by atoms with E-state index >= 15 is 0 Å². The molecule has 1 aromatic heterocycles. The maximum Gasteiger partial charge on any atom is 0.280 e. The monoisotopic (exact) mass is 228 g/mol. The third-order valence-corrected chi connectivity index (χ3v) is 3.08. The zero-order valence-electron chi connectivity index (χ0n) is 9.46. The highest BCUT2D eigenvalue weighted by molar-refractivity contribution is 6.06. The molecule has 1 aliphatic rings. The van der Waals surface area contributed by atoms with E-state index in [1.165, 1.54) is 18.2 Å². The Morgan fingerprint density at radius 2 is 2.29 bits per heavy atom. The van der Waals surface area contributed by atoms with Crippen molar-refractivity contribution in [2.24, 2.45) is 0 Å². The molecule has 86 valence electrons. The molecule has 1 atom stereocenters. The first kappa shape index (κ1) is 10.1. The van der Waals surface area contributed by atoms with Gasteiger partial charge in [0.05, 0.1) is 0 Å². The van der Waals surface area contributed by atoms with E-state index in [-0.39, 0.29) is 11.9 Å². The van der Waals surface area contributed by atoms with Crippen LogP contribution in [-0.4, -0.2) is 16.9 Å². The normalized spacial score (nSPS) is 18.2. The van der Waals surface area contributed by atoms with E-state index in [1.807, 2.05) is 25.1 Å². The van der Waals surface area contributed by atoms with Gasteiger partial charge in [0.15, 0.2) is 12.1 Å². The molecule has 0 saturated heterocycles. The summed E-state index contributed by atoms with van der Waals surface area (Å²) in [6, 6.07) is 8.13. The molecule has 0 fully saturated rings. The second-order valence-electron chi connectivity index (χ2n) is 4.23. The number of anilines is 1. The highest BCUT2D eigenvalue weighted by Gasteiger charge is 2.32. The summed E-state index contributed by atoms with van der Waals surface area (Å²) in [5.41, 5.74) is 2.54. The van der Waals surface area contributed by atoms with Crippen molar-refractivity contribution in [1.82, 2.24) is 4.98 Å². The summed E-state index contributed by atoms with van der Waals surface area (Å²) >= 11 is 0. The fourth-order valence-corrected chi connectivity index (χ4v) is 2.32. The molecule has 17 heavy (non-hydrogen) atoms. The van der Waals surface area contributed by atoms with Crippen LogP contribution in [0.4, 0.5) is 5.69 Å². The summed E-state index contributed by atoms with van der Waals surface area (Å²) in [6.45, 7) is 2.04. The SMILES string of the molecule is CC1Cc2ccccc2N1C(=O)c1cocn1. The van der Waals surface area contributed by atoms with Gasteiger partial charge in [0.2, 0.25) is 0 Å². The van der Waals surface area contributed by atoms with Crippen LogP contribution in [0, 0.1) is 0 Å². The van der Waals surface area contributed by atoms with Gasteiger partial charge < -0.3 is 9.32 Å². The molecule has 0 aliphatic carbocycles. The fourth-order valence-electron chi connectivity index (χ4n) is 2.32. The van der Waals surface area contributed by atoms with Crippen molar-refractivity contribution >= 4 is 11.6 Å². The van der Waals surface area contributed by atoms with E-state index in [9.17, 15) is 4.79 Å². The minimum Gasteiger partial charge on any atom is -0.451 e. The van der Waals surface area contributed by atoms with Crippen LogP contribution in [0.1, 0.15) is 23.0 Å². The number of carbonyl (C=O) groups excluding carboxylic acids is 1. The lowest BCUT2D eigenvalue weighted by molar-refractivity contribution is 0.0976. The average molecular weight is 228 g/mol. The van der Waals surface area contributed by atoms with Crippen molar-refractivity contribution in [3.05, 3.63) is 48.2 Å². The second kappa shape index (κ2) is 3.73. The molecule has 1 aliphatic heterocycles. The summed E-state index contributed by atoms with van der Waals surface area (Å²) in [5.74, 6) is -0.101. The molecular formula is C13H12N2O2. The summed E-state index contributed by atoms with van der Waals surface area (Å²) in [6.07, 6.45) is 3.55. The minimum absolute atomic E-state index is 0.101. The zero-order chi connectivity index (χ0) is 11.8. The Labute approximate surface area is 98.9 Å². The average Bonchev–Trinajstić information content (AvgIpc) is 2.94. The molecule has 0 spiro atoms. The van der Waals surface area contributed by atoms with Crippen molar-refractivity contribution in [2.75, 3.05) is 4.90 Å². The van der Waals surface area contributed by atoms with Crippen LogP contribution in [0.2, 0.25) is 0 Å². The molecular weight excluding hydrogens is 216 g/mol. The minimum atomic E-state index is -0.101. The molecule has 0 radical (unpaired) electrons. The van der Waals surface area contributed by atoms with Crippen molar-refractivity contribution in [3.8, 4) is 0 Å². The van der Waals surface area contributed by atoms with E-state index < -0.39 is 0 Å². The maximum absolute atomic E-state index is 12.3. The van der Waals surface area contributed by atoms with Gasteiger partial charge in [-0.15, -0.1) is 0 Å². The number of para-hydroxylation sites is 1. The molecule has 0 N–H and O–H groups in total. The number of nitrogens with zero attached hydrogens (tertiary/aromatic N) is 2. The number of oxazole rings is 1. The van der Waals surface area contributed by atoms with Crippen LogP contribution in [-0.2, 0) is 6.42 Å². The van der Waals surface area contributed by atoms with Crippen molar-refractivity contribution in [3.63, 3.8) is 0 Å². The van der Waals surface area contributed by atoms with Gasteiger partial charge in [0.25, 0.3) is 5.91 Å². The van der Waals surface area contributed by atoms with Gasteiger partial charge in [-0.25, -0.2) is 4.98 Å². The molecule has 0 saturated carbocycles. The topological polar surface area (TPSA) is 46.3 Å². The van der Waals surface area contributed by atoms with Crippen molar-refractivity contribution in [1.29, 1.82) is 0 Å². The lowest BCUT2D eigenvalue weighted by Crippen LogP contribution is -2.35. The van der Waals surface area contributed by atoms with Gasteiger partial charge >= 0.3 is 0 Å². The van der Waals surface area contributed by atoms with Gasteiger partial charge in [-0.3, -0.25) is 4.79 Å². The van der Waals surface area contributed by atoms with Gasteiger partial charge in [-0.05, 0) is 25.0 Å². The molecule has 1 amide bonds. The van der Waals surface area contributed by atoms with E-state index in [0.29, 0.717) is 5.69 Å². The summed E-state index contributed by atoms with van der Waals surface area (Å²) in [7, 11) is 0. The highest BCUT2D eigenvalue weighted by atomic mass is 16.3. The van der Waals surface area contributed by atoms with Crippen LogP contribution in [0.3, 0.4) is 0 Å². The molecule has 1 unspecified atom stereocenters. The quantitative estimate of drug-likeness (QED) is 0.752. The van der Waals surface area contributed by atoms with E-state index in [2.05, 4.69) is 11.1 Å². The standard InChI is InChI=1S/C13H12N2O2/c1-9-6-10-4-2-3-5-12(10)15(9)13(16)11-7-17-8-14-11/h2-5,7-9H,6H2,1H3. The molecule has 4 heteroatoms. The van der Waals surface area contributed by atoms with Gasteiger partial charge in [-0.1, -0.05) is 18.2 Å². The first-order chi connectivity index (χ1) is 8.27. The lowest BCUT2D eigenvalue weighted by Gasteiger charge is -2.21. The highest BCUT2D eigenvalue weighted by Crippen LogP contribution is 2.32. The smallest absolute Gasteiger partial charge is 0.280 e. The van der Waals surface area contributed by atoms with Gasteiger partial charge in [0.1, 0.15) is 6.26 Å². The first-order valence-corrected chi connectivity index (χ1v) is 5.57. The third kappa shape index (κ3) is 1.53. The van der Waals surface area contributed by atoms with E-state index in [1.54, 1.807) is 4.90 Å². The van der Waals surface area contributed by atoms with Gasteiger partial charge in [0, 0.05) is 11.7 Å². The molecule has 4 nitrogen and oxygen atoms in total. The number of amides is 1. The molecule has 2 heterocycles. The van der Waals surface area contributed by atoms with Crippen LogP contribution in [0.15, 0.2) is 41.3 Å². The predicted octanol–water partition coefficient (Wildman–Crippen LogP) is 2.27. The zero-order valence-corrected chi connectivity index (χ0v) is 9.46. The Hall–Kier alpha value is -2.10. The molecule has 1 aromatic carbocycles. The van der Waals surface area contributed by atoms with Crippen LogP contribution >= 0.6 is 0 Å². The molecule has 0 bridgehead atoms. The lowest BCUT2D eigenvalue weighted by atomic mass is 10.1. The maximum atomic E-state index is 12.3. The first-order valence-electron chi connectivity index (χ1n) is 5.57. The number of hydrogen-bond donors (Lipinski definition) is 0. The number of benzene rings is 1. The number of carbonyl (C=O) groups is 1. The molecule has 2 aromatic rings. The van der Waals surface area contributed by atoms with E-state index in [0.717, 1.165) is 12.1 Å². The summed E-state index contributed by atoms with van der Waals surface area (Å²) in [5, 5.41) is 0. The number of aromatic nitrogens is 1. The number of fused-ring (bicyclic) bond motifs is 1. The fraction of sp³-hybridized carbons (Fsp3) is 0.231. The third-order valence-electron chi connectivity index (χ3n) is 3.08. The Morgan fingerprint density at radius 3 is 3.06 bits per heavy atom. The Bertz CT molecular complexity index is 548. The summed E-state index contributed by atoms with van der Waals surface area (Å²) in [4.78, 5) is 18.0. The Kier molecular flexibility index (Phi) is 2.21. The van der Waals surface area contributed by atoms with E-state index in [4.69, 9.17) is 4.42 Å². The second-order valence-corrected chi connectivity index (χ2v) is 4.23. The molecule has 3 rings (SSSR count). The van der Waals surface area contributed by atoms with Crippen LogP contribution < -0.4 is 4.90 Å². The van der Waals surface area contributed by atoms with Crippen molar-refractivity contribution < 1.29 is 9.21 Å². The number of hydrogen-bond acceptors (Lipinski definition) is 3. The predicted molar refractivity (Wildman–Crippen MR) is 62.9 cm³/mol. The van der Waals surface area contributed by atoms with Crippen molar-refractivity contribution in [2.45, 2.75) is 19.4 Å². The number of rotatable bonds is 1. The van der Waals surface area contributed by atoms with Crippen LogP contribution in [0.25, 0.3) is 0 Å². The largest absolute Gasteiger partial charge is 0.451 e. The Morgan fingerprint density at radius 1 is 1.47 bits per heavy atom. The summed E-state index contributed by atoms with van der Waals surface area (Å²) < 4.78 is 4.86. The van der Waals surface area contributed by atoms with Crippen LogP contribution in [0.5, 0.6) is 0 Å². The van der Waals surface area contributed by atoms with Gasteiger partial charge in [-0.2, -0.15) is 0 Å².